The summed E-state index contributed by atoms with van der Waals surface area (Å²) < 4.78 is 1.51. The number of hydrogen-bond donors (Lipinski definition) is 0. The van der Waals surface area contributed by atoms with E-state index in [4.69, 9.17) is 0 Å². The molecule has 0 aliphatic heterocycles. The minimum atomic E-state index is -0.0722. The standard InChI is InChI=1S/C14H18N4O/c1-4-11(2)17(3)14(19)18-9-13(16-10-18)12-6-5-7-15-8-12/h5-11H,4H2,1-3H3. The summed E-state index contributed by atoms with van der Waals surface area (Å²) in [4.78, 5) is 22.2. The second kappa shape index (κ2) is 5.65. The first-order valence-corrected chi connectivity index (χ1v) is 6.35. The highest BCUT2D eigenvalue weighted by molar-refractivity contribution is 5.78. The van der Waals surface area contributed by atoms with Gasteiger partial charge in [0.15, 0.2) is 0 Å². The van der Waals surface area contributed by atoms with E-state index < -0.39 is 0 Å². The van der Waals surface area contributed by atoms with Crippen LogP contribution in [0.15, 0.2) is 37.1 Å². The number of aromatic nitrogens is 3. The van der Waals surface area contributed by atoms with Gasteiger partial charge in [-0.25, -0.2) is 9.78 Å². The fourth-order valence-electron chi connectivity index (χ4n) is 1.74. The average Bonchev–Trinajstić information content (AvgIpc) is 2.95. The van der Waals surface area contributed by atoms with Crippen LogP contribution in [0.2, 0.25) is 0 Å². The highest BCUT2D eigenvalue weighted by Gasteiger charge is 2.16. The van der Waals surface area contributed by atoms with Crippen LogP contribution in [0.25, 0.3) is 11.3 Å². The van der Waals surface area contributed by atoms with Crippen molar-refractivity contribution in [3.63, 3.8) is 0 Å². The van der Waals surface area contributed by atoms with Gasteiger partial charge in [0.25, 0.3) is 0 Å². The van der Waals surface area contributed by atoms with Gasteiger partial charge in [0.1, 0.15) is 6.33 Å². The Balaban J connectivity index is 2.20. The quantitative estimate of drug-likeness (QED) is 0.850. The van der Waals surface area contributed by atoms with Crippen LogP contribution in [0.1, 0.15) is 20.3 Å². The van der Waals surface area contributed by atoms with E-state index in [1.807, 2.05) is 19.1 Å². The molecule has 0 spiro atoms. The van der Waals surface area contributed by atoms with Crippen LogP contribution in [-0.2, 0) is 0 Å². The number of amides is 1. The molecule has 0 fully saturated rings. The second-order valence-electron chi connectivity index (χ2n) is 4.56. The van der Waals surface area contributed by atoms with Gasteiger partial charge in [0, 0.05) is 37.2 Å². The zero-order valence-corrected chi connectivity index (χ0v) is 11.4. The third-order valence-electron chi connectivity index (χ3n) is 3.31. The summed E-state index contributed by atoms with van der Waals surface area (Å²) in [5.41, 5.74) is 1.65. The lowest BCUT2D eigenvalue weighted by Crippen LogP contribution is -2.37. The lowest BCUT2D eigenvalue weighted by atomic mass is 10.2. The van der Waals surface area contributed by atoms with Gasteiger partial charge < -0.3 is 4.90 Å². The highest BCUT2D eigenvalue weighted by atomic mass is 16.2. The topological polar surface area (TPSA) is 51.0 Å². The Morgan fingerprint density at radius 3 is 2.95 bits per heavy atom. The molecule has 2 heterocycles. The van der Waals surface area contributed by atoms with E-state index in [0.717, 1.165) is 17.7 Å². The molecule has 2 aromatic heterocycles. The summed E-state index contributed by atoms with van der Waals surface area (Å²) in [6.07, 6.45) is 7.64. The summed E-state index contributed by atoms with van der Waals surface area (Å²) in [6, 6.07) is 3.90. The van der Waals surface area contributed by atoms with E-state index in [-0.39, 0.29) is 12.1 Å². The predicted octanol–water partition coefficient (Wildman–Crippen LogP) is 2.64. The molecule has 0 saturated heterocycles. The lowest BCUT2D eigenvalue weighted by Gasteiger charge is -2.23. The van der Waals surface area contributed by atoms with Gasteiger partial charge in [-0.3, -0.25) is 9.55 Å². The summed E-state index contributed by atoms with van der Waals surface area (Å²) in [7, 11) is 1.81. The molecule has 0 aliphatic carbocycles. The Bertz CT molecular complexity index is 550. The van der Waals surface area contributed by atoms with Crippen LogP contribution >= 0.6 is 0 Å². The molecule has 1 atom stereocenters. The van der Waals surface area contributed by atoms with E-state index in [9.17, 15) is 4.79 Å². The molecule has 0 aliphatic rings. The molecule has 0 N–H and O–H groups in total. The van der Waals surface area contributed by atoms with Crippen molar-refractivity contribution in [3.05, 3.63) is 37.1 Å². The first-order chi connectivity index (χ1) is 9.13. The largest absolute Gasteiger partial charge is 0.329 e. The molecule has 2 rings (SSSR count). The third-order valence-corrected chi connectivity index (χ3v) is 3.31. The molecular weight excluding hydrogens is 240 g/mol. The third kappa shape index (κ3) is 2.81. The molecule has 1 amide bonds. The number of carbonyl (C=O) groups is 1. The zero-order valence-electron chi connectivity index (χ0n) is 11.4. The van der Waals surface area contributed by atoms with Gasteiger partial charge in [0.2, 0.25) is 0 Å². The van der Waals surface area contributed by atoms with Gasteiger partial charge in [-0.2, -0.15) is 0 Å². The molecule has 5 heteroatoms. The van der Waals surface area contributed by atoms with E-state index in [1.54, 1.807) is 36.9 Å². The molecule has 0 radical (unpaired) electrons. The Hall–Kier alpha value is -2.17. The molecule has 1 unspecified atom stereocenters. The number of hydrogen-bond acceptors (Lipinski definition) is 3. The molecule has 100 valence electrons. The van der Waals surface area contributed by atoms with Gasteiger partial charge >= 0.3 is 6.03 Å². The fraction of sp³-hybridized carbons (Fsp3) is 0.357. The first kappa shape index (κ1) is 13.3. The van der Waals surface area contributed by atoms with Gasteiger partial charge in [-0.05, 0) is 25.5 Å². The lowest BCUT2D eigenvalue weighted by molar-refractivity contribution is 0.194. The van der Waals surface area contributed by atoms with Crippen molar-refractivity contribution < 1.29 is 4.79 Å². The van der Waals surface area contributed by atoms with Crippen LogP contribution in [-0.4, -0.2) is 38.6 Å². The second-order valence-corrected chi connectivity index (χ2v) is 4.56. The number of imidazole rings is 1. The van der Waals surface area contributed by atoms with Crippen molar-refractivity contribution >= 4 is 6.03 Å². The van der Waals surface area contributed by atoms with Crippen molar-refractivity contribution in [3.8, 4) is 11.3 Å². The average molecular weight is 258 g/mol. The van der Waals surface area contributed by atoms with E-state index in [0.29, 0.717) is 0 Å². The van der Waals surface area contributed by atoms with Gasteiger partial charge in [-0.15, -0.1) is 0 Å². The molecule has 2 aromatic rings. The summed E-state index contributed by atoms with van der Waals surface area (Å²) in [5.74, 6) is 0. The zero-order chi connectivity index (χ0) is 13.8. The minimum Gasteiger partial charge on any atom is -0.324 e. The summed E-state index contributed by atoms with van der Waals surface area (Å²) in [6.45, 7) is 4.08. The Morgan fingerprint density at radius 1 is 1.53 bits per heavy atom. The maximum absolute atomic E-state index is 12.2. The predicted molar refractivity (Wildman–Crippen MR) is 73.8 cm³/mol. The maximum Gasteiger partial charge on any atom is 0.329 e. The van der Waals surface area contributed by atoms with Crippen molar-refractivity contribution in [1.29, 1.82) is 0 Å². The van der Waals surface area contributed by atoms with Crippen molar-refractivity contribution in [1.82, 2.24) is 19.4 Å². The summed E-state index contributed by atoms with van der Waals surface area (Å²) >= 11 is 0. The molecule has 5 nitrogen and oxygen atoms in total. The van der Waals surface area contributed by atoms with Crippen molar-refractivity contribution in [2.75, 3.05) is 7.05 Å². The molecule has 19 heavy (non-hydrogen) atoms. The minimum absolute atomic E-state index is 0.0722. The van der Waals surface area contributed by atoms with Crippen molar-refractivity contribution in [2.24, 2.45) is 0 Å². The van der Waals surface area contributed by atoms with Crippen LogP contribution in [0.3, 0.4) is 0 Å². The smallest absolute Gasteiger partial charge is 0.324 e. The Morgan fingerprint density at radius 2 is 2.32 bits per heavy atom. The van der Waals surface area contributed by atoms with E-state index in [1.165, 1.54) is 4.57 Å². The SMILES string of the molecule is CCC(C)N(C)C(=O)n1cnc(-c2cccnc2)c1. The number of pyridine rings is 1. The molecular formula is C14H18N4O. The van der Waals surface area contributed by atoms with Gasteiger partial charge in [-0.1, -0.05) is 6.92 Å². The van der Waals surface area contributed by atoms with E-state index in [2.05, 4.69) is 16.9 Å². The van der Waals surface area contributed by atoms with Crippen LogP contribution < -0.4 is 0 Å². The molecule has 0 aromatic carbocycles. The van der Waals surface area contributed by atoms with Crippen LogP contribution in [0.4, 0.5) is 4.79 Å². The highest BCUT2D eigenvalue weighted by Crippen LogP contribution is 2.15. The summed E-state index contributed by atoms with van der Waals surface area (Å²) in [5, 5.41) is 0. The first-order valence-electron chi connectivity index (χ1n) is 6.35. The molecule has 0 bridgehead atoms. The van der Waals surface area contributed by atoms with E-state index >= 15 is 0 Å². The monoisotopic (exact) mass is 258 g/mol. The van der Waals surface area contributed by atoms with Crippen LogP contribution in [0, 0.1) is 0 Å². The van der Waals surface area contributed by atoms with Crippen LogP contribution in [0.5, 0.6) is 0 Å². The Kier molecular flexibility index (Phi) is 3.94. The van der Waals surface area contributed by atoms with Crippen molar-refractivity contribution in [2.45, 2.75) is 26.3 Å². The number of nitrogens with zero attached hydrogens (tertiary/aromatic N) is 4. The maximum atomic E-state index is 12.2. The van der Waals surface area contributed by atoms with Gasteiger partial charge in [0.05, 0.1) is 5.69 Å². The molecule has 0 saturated carbocycles. The number of rotatable bonds is 3. The normalized spacial score (nSPS) is 12.2. The Labute approximate surface area is 112 Å². The number of carbonyl (C=O) groups excluding carboxylic acids is 1. The fourth-order valence-corrected chi connectivity index (χ4v) is 1.74.